The van der Waals surface area contributed by atoms with Crippen molar-refractivity contribution in [2.24, 2.45) is 4.99 Å². The summed E-state index contributed by atoms with van der Waals surface area (Å²) in [5.74, 6) is 1.38. The lowest BCUT2D eigenvalue weighted by Gasteiger charge is -2.12. The lowest BCUT2D eigenvalue weighted by molar-refractivity contribution is 0.0951. The van der Waals surface area contributed by atoms with Crippen LogP contribution in [0.5, 0.6) is 0 Å². The largest absolute Gasteiger partial charge is 0.455 e. The first-order chi connectivity index (χ1) is 16.2. The van der Waals surface area contributed by atoms with E-state index in [-0.39, 0.29) is 5.91 Å². The molecular weight excluding hydrogens is 496 g/mol. The number of fused-ring (bicyclic) bond motifs is 1. The molecule has 1 aliphatic carbocycles. The Morgan fingerprint density at radius 2 is 1.91 bits per heavy atom. The Hall–Kier alpha value is -2.96. The summed E-state index contributed by atoms with van der Waals surface area (Å²) in [6.07, 6.45) is 5.94. The predicted molar refractivity (Wildman–Crippen MR) is 138 cm³/mol. The van der Waals surface area contributed by atoms with Crippen molar-refractivity contribution in [3.63, 3.8) is 0 Å². The SMILES string of the molecule is O=C(NCc1ccccc1)c1c(/N=C\c2ccc(-c3cccc(Br)c3)o2)sc2c1CCCC2. The van der Waals surface area contributed by atoms with Crippen molar-refractivity contribution in [3.05, 3.63) is 98.5 Å². The Kier molecular flexibility index (Phi) is 6.55. The van der Waals surface area contributed by atoms with Crippen LogP contribution in [0.2, 0.25) is 0 Å². The molecule has 166 valence electrons. The fourth-order valence-electron chi connectivity index (χ4n) is 4.08. The number of hydrogen-bond donors (Lipinski definition) is 1. The highest BCUT2D eigenvalue weighted by Gasteiger charge is 2.25. The second-order valence-electron chi connectivity index (χ2n) is 8.03. The maximum atomic E-state index is 13.2. The summed E-state index contributed by atoms with van der Waals surface area (Å²) >= 11 is 5.13. The number of rotatable bonds is 6. The molecule has 1 aliphatic rings. The molecule has 0 fully saturated rings. The summed E-state index contributed by atoms with van der Waals surface area (Å²) in [6.45, 7) is 0.502. The van der Waals surface area contributed by atoms with Gasteiger partial charge in [-0.05, 0) is 61.1 Å². The summed E-state index contributed by atoms with van der Waals surface area (Å²) in [4.78, 5) is 19.2. The molecule has 0 bridgehead atoms. The Morgan fingerprint density at radius 3 is 2.76 bits per heavy atom. The smallest absolute Gasteiger partial charge is 0.254 e. The zero-order chi connectivity index (χ0) is 22.6. The molecular formula is C27H23BrN2O2S. The first-order valence-corrected chi connectivity index (χ1v) is 12.6. The number of aryl methyl sites for hydroxylation is 1. The number of furan rings is 1. The Labute approximate surface area is 205 Å². The highest BCUT2D eigenvalue weighted by Crippen LogP contribution is 2.40. The first-order valence-electron chi connectivity index (χ1n) is 11.0. The van der Waals surface area contributed by atoms with Crippen LogP contribution < -0.4 is 5.32 Å². The molecule has 0 spiro atoms. The number of aliphatic imine (C=N–C) groups is 1. The molecule has 4 aromatic rings. The maximum absolute atomic E-state index is 13.2. The zero-order valence-corrected chi connectivity index (χ0v) is 20.4. The molecule has 0 saturated heterocycles. The minimum atomic E-state index is -0.0559. The van der Waals surface area contributed by atoms with Gasteiger partial charge < -0.3 is 9.73 Å². The van der Waals surface area contributed by atoms with Crippen LogP contribution in [0.25, 0.3) is 11.3 Å². The molecule has 0 unspecified atom stereocenters. The average molecular weight is 519 g/mol. The number of amides is 1. The molecule has 0 radical (unpaired) electrons. The molecule has 4 nitrogen and oxygen atoms in total. The highest BCUT2D eigenvalue weighted by atomic mass is 79.9. The quantitative estimate of drug-likeness (QED) is 0.271. The van der Waals surface area contributed by atoms with E-state index in [4.69, 9.17) is 9.41 Å². The Balaban J connectivity index is 1.39. The number of thiophene rings is 1. The lowest BCUT2D eigenvalue weighted by Crippen LogP contribution is -2.24. The monoisotopic (exact) mass is 518 g/mol. The second kappa shape index (κ2) is 9.89. The van der Waals surface area contributed by atoms with Crippen LogP contribution >= 0.6 is 27.3 Å². The molecule has 2 aromatic carbocycles. The number of carbonyl (C=O) groups is 1. The molecule has 1 amide bonds. The van der Waals surface area contributed by atoms with Gasteiger partial charge in [-0.3, -0.25) is 4.79 Å². The van der Waals surface area contributed by atoms with E-state index >= 15 is 0 Å². The van der Waals surface area contributed by atoms with E-state index in [0.29, 0.717) is 12.3 Å². The van der Waals surface area contributed by atoms with Gasteiger partial charge in [0.15, 0.2) is 0 Å². The Morgan fingerprint density at radius 1 is 1.06 bits per heavy atom. The van der Waals surface area contributed by atoms with Crippen LogP contribution in [0.3, 0.4) is 0 Å². The molecule has 6 heteroatoms. The van der Waals surface area contributed by atoms with Crippen molar-refractivity contribution in [1.29, 1.82) is 0 Å². The van der Waals surface area contributed by atoms with Crippen molar-refractivity contribution in [2.75, 3.05) is 0 Å². The lowest BCUT2D eigenvalue weighted by atomic mass is 9.95. The van der Waals surface area contributed by atoms with E-state index in [1.807, 2.05) is 66.7 Å². The summed E-state index contributed by atoms with van der Waals surface area (Å²) in [5, 5.41) is 3.84. The van der Waals surface area contributed by atoms with Crippen molar-refractivity contribution in [3.8, 4) is 11.3 Å². The van der Waals surface area contributed by atoms with E-state index in [2.05, 4.69) is 21.2 Å². The van der Waals surface area contributed by atoms with Crippen LogP contribution in [0.15, 0.2) is 80.6 Å². The normalized spacial score (nSPS) is 13.2. The first kappa shape index (κ1) is 21.9. The van der Waals surface area contributed by atoms with Crippen LogP contribution in [0.4, 0.5) is 5.00 Å². The van der Waals surface area contributed by atoms with Gasteiger partial charge in [0.2, 0.25) is 0 Å². The third-order valence-corrected chi connectivity index (χ3v) is 7.41. The second-order valence-corrected chi connectivity index (χ2v) is 10.0. The van der Waals surface area contributed by atoms with Gasteiger partial charge in [-0.25, -0.2) is 4.99 Å². The van der Waals surface area contributed by atoms with E-state index in [1.165, 1.54) is 10.4 Å². The van der Waals surface area contributed by atoms with Gasteiger partial charge in [-0.1, -0.05) is 58.4 Å². The van der Waals surface area contributed by atoms with Crippen LogP contribution in [-0.4, -0.2) is 12.1 Å². The van der Waals surface area contributed by atoms with Crippen molar-refractivity contribution in [2.45, 2.75) is 32.2 Å². The summed E-state index contributed by atoms with van der Waals surface area (Å²) < 4.78 is 6.99. The van der Waals surface area contributed by atoms with Gasteiger partial charge in [0.1, 0.15) is 16.5 Å². The van der Waals surface area contributed by atoms with E-state index < -0.39 is 0 Å². The van der Waals surface area contributed by atoms with Crippen molar-refractivity contribution in [1.82, 2.24) is 5.32 Å². The highest BCUT2D eigenvalue weighted by molar-refractivity contribution is 9.10. The predicted octanol–water partition coefficient (Wildman–Crippen LogP) is 7.33. The number of nitrogens with one attached hydrogen (secondary N) is 1. The number of nitrogens with zero attached hydrogens (tertiary/aromatic N) is 1. The number of carbonyl (C=O) groups excluding carboxylic acids is 1. The van der Waals surface area contributed by atoms with Gasteiger partial charge in [-0.2, -0.15) is 0 Å². The number of hydrogen-bond acceptors (Lipinski definition) is 4. The molecule has 1 N–H and O–H groups in total. The van der Waals surface area contributed by atoms with Crippen molar-refractivity contribution >= 4 is 44.4 Å². The van der Waals surface area contributed by atoms with E-state index in [9.17, 15) is 4.79 Å². The fraction of sp³-hybridized carbons (Fsp3) is 0.185. The number of halogens is 1. The van der Waals surface area contributed by atoms with Gasteiger partial charge in [-0.15, -0.1) is 11.3 Å². The van der Waals surface area contributed by atoms with Crippen LogP contribution in [0, 0.1) is 0 Å². The number of benzene rings is 2. The average Bonchev–Trinajstić information content (AvgIpc) is 3.46. The zero-order valence-electron chi connectivity index (χ0n) is 18.0. The fourth-order valence-corrected chi connectivity index (χ4v) is 5.71. The third-order valence-electron chi connectivity index (χ3n) is 5.72. The maximum Gasteiger partial charge on any atom is 0.254 e. The van der Waals surface area contributed by atoms with E-state index in [0.717, 1.165) is 57.6 Å². The van der Waals surface area contributed by atoms with Gasteiger partial charge in [0.05, 0.1) is 11.8 Å². The summed E-state index contributed by atoms with van der Waals surface area (Å²) in [7, 11) is 0. The summed E-state index contributed by atoms with van der Waals surface area (Å²) in [6, 6.07) is 21.8. The molecule has 2 aromatic heterocycles. The van der Waals surface area contributed by atoms with Gasteiger partial charge in [0.25, 0.3) is 5.91 Å². The minimum Gasteiger partial charge on any atom is -0.455 e. The third kappa shape index (κ3) is 5.02. The van der Waals surface area contributed by atoms with E-state index in [1.54, 1.807) is 17.6 Å². The molecule has 0 saturated carbocycles. The topological polar surface area (TPSA) is 54.6 Å². The van der Waals surface area contributed by atoms with Crippen molar-refractivity contribution < 1.29 is 9.21 Å². The molecule has 0 atom stereocenters. The molecule has 0 aliphatic heterocycles. The standard InChI is InChI=1S/C27H23BrN2O2S/c28-20-10-6-9-19(15-20)23-14-13-21(32-23)17-30-27-25(22-11-4-5-12-24(22)33-27)26(31)29-16-18-7-2-1-3-8-18/h1-3,6-10,13-15,17H,4-5,11-12,16H2,(H,29,31)/b30-17-. The summed E-state index contributed by atoms with van der Waals surface area (Å²) in [5.41, 5.74) is 3.96. The minimum absolute atomic E-state index is 0.0559. The molecule has 5 rings (SSSR count). The molecule has 33 heavy (non-hydrogen) atoms. The van der Waals surface area contributed by atoms with Crippen LogP contribution in [0.1, 0.15) is 45.0 Å². The molecule has 2 heterocycles. The Bertz CT molecular complexity index is 1310. The van der Waals surface area contributed by atoms with Crippen LogP contribution in [-0.2, 0) is 19.4 Å². The van der Waals surface area contributed by atoms with Gasteiger partial charge >= 0.3 is 0 Å². The van der Waals surface area contributed by atoms with Gasteiger partial charge in [0, 0.05) is 21.5 Å².